The van der Waals surface area contributed by atoms with Gasteiger partial charge in [-0.05, 0) is 0 Å². The quantitative estimate of drug-likeness (QED) is 0.154. The first-order valence-corrected chi connectivity index (χ1v) is 10.6. The molecule has 3 fully saturated rings. The summed E-state index contributed by atoms with van der Waals surface area (Å²) in [4.78, 5) is 0. The summed E-state index contributed by atoms with van der Waals surface area (Å²) in [5.41, 5.74) is 0. The molecule has 0 saturated carbocycles. The largest absolute Gasteiger partial charge is 0.394 e. The van der Waals surface area contributed by atoms with Crippen LogP contribution in [0.2, 0.25) is 0 Å². The topological polar surface area (TPSA) is 269 Å². The van der Waals surface area contributed by atoms with E-state index in [9.17, 15) is 51.1 Å². The summed E-state index contributed by atoms with van der Waals surface area (Å²) in [6.07, 6.45) is -25.2. The van der Waals surface area contributed by atoms with Crippen LogP contribution in [0.5, 0.6) is 0 Å². The van der Waals surface area contributed by atoms with Gasteiger partial charge in [0.2, 0.25) is 0 Å². The van der Waals surface area contributed by atoms with Crippen LogP contribution < -0.4 is 0 Å². The molecule has 3 heterocycles. The highest BCUT2D eigenvalue weighted by atomic mass is 16.8. The highest BCUT2D eigenvalue weighted by Gasteiger charge is 2.53. The second kappa shape index (κ2) is 11.6. The molecule has 11 N–H and O–H groups in total. The van der Waals surface area contributed by atoms with Crippen molar-refractivity contribution in [2.24, 2.45) is 0 Å². The summed E-state index contributed by atoms with van der Waals surface area (Å²) < 4.78 is 26.2. The number of ether oxygens (including phenoxy) is 5. The van der Waals surface area contributed by atoms with Gasteiger partial charge in [0.05, 0.1) is 19.8 Å². The van der Waals surface area contributed by atoms with Crippen molar-refractivity contribution in [2.75, 3.05) is 19.8 Å². The van der Waals surface area contributed by atoms with Gasteiger partial charge in [-0.1, -0.05) is 0 Å². The van der Waals surface area contributed by atoms with Crippen LogP contribution in [0.4, 0.5) is 0 Å². The number of aliphatic hydroxyl groups is 11. The van der Waals surface area contributed by atoms with Crippen LogP contribution in [0.3, 0.4) is 0 Å². The van der Waals surface area contributed by atoms with Gasteiger partial charge in [-0.25, -0.2) is 0 Å². The van der Waals surface area contributed by atoms with E-state index in [2.05, 4.69) is 0 Å². The molecule has 15 atom stereocenters. The van der Waals surface area contributed by atoms with Gasteiger partial charge in [-0.15, -0.1) is 0 Å². The molecule has 0 bridgehead atoms. The molecule has 0 aliphatic carbocycles. The molecule has 0 spiro atoms. The Bertz CT molecular complexity index is 637. The first kappa shape index (κ1) is 27.9. The Balaban J connectivity index is 1.70. The molecular formula is C18H32O16. The fourth-order valence-electron chi connectivity index (χ4n) is 4.04. The van der Waals surface area contributed by atoms with Crippen LogP contribution in [-0.2, 0) is 23.7 Å². The molecular weight excluding hydrogens is 472 g/mol. The van der Waals surface area contributed by atoms with E-state index in [0.717, 1.165) is 0 Å². The lowest BCUT2D eigenvalue weighted by atomic mass is 9.96. The third-order valence-electron chi connectivity index (χ3n) is 6.09. The summed E-state index contributed by atoms with van der Waals surface area (Å²) in [7, 11) is 0. The minimum atomic E-state index is -1.93. The van der Waals surface area contributed by atoms with Crippen LogP contribution in [0.25, 0.3) is 0 Å². The van der Waals surface area contributed by atoms with E-state index in [0.29, 0.717) is 0 Å². The van der Waals surface area contributed by atoms with Gasteiger partial charge >= 0.3 is 0 Å². The van der Waals surface area contributed by atoms with E-state index in [1.807, 2.05) is 0 Å². The van der Waals surface area contributed by atoms with Gasteiger partial charge in [0.15, 0.2) is 18.9 Å². The fraction of sp³-hybridized carbons (Fsp3) is 1.00. The first-order chi connectivity index (χ1) is 16.0. The van der Waals surface area contributed by atoms with Crippen LogP contribution in [0.1, 0.15) is 0 Å². The molecule has 0 amide bonds. The average Bonchev–Trinajstić information content (AvgIpc) is 2.83. The Morgan fingerprint density at radius 2 is 0.853 bits per heavy atom. The van der Waals surface area contributed by atoms with Gasteiger partial charge in [-0.3, -0.25) is 0 Å². The van der Waals surface area contributed by atoms with Crippen LogP contribution in [0, 0.1) is 0 Å². The number of hydrogen-bond acceptors (Lipinski definition) is 16. The maximum absolute atomic E-state index is 10.6. The van der Waals surface area contributed by atoms with E-state index in [-0.39, 0.29) is 0 Å². The van der Waals surface area contributed by atoms with E-state index < -0.39 is 112 Å². The lowest BCUT2D eigenvalue weighted by Crippen LogP contribution is -2.66. The maximum Gasteiger partial charge on any atom is 0.187 e. The average molecular weight is 504 g/mol. The predicted octanol–water partition coefficient (Wildman–Crippen LogP) is -7.57. The molecule has 0 aromatic rings. The molecule has 16 nitrogen and oxygen atoms in total. The molecule has 3 saturated heterocycles. The molecule has 200 valence electrons. The maximum atomic E-state index is 10.6. The highest BCUT2D eigenvalue weighted by Crippen LogP contribution is 2.31. The van der Waals surface area contributed by atoms with Crippen molar-refractivity contribution in [3.05, 3.63) is 0 Å². The van der Waals surface area contributed by atoms with Crippen molar-refractivity contribution in [1.82, 2.24) is 0 Å². The Labute approximate surface area is 192 Å². The summed E-state index contributed by atoms with van der Waals surface area (Å²) in [5.74, 6) is 0. The molecule has 3 rings (SSSR count). The van der Waals surface area contributed by atoms with Gasteiger partial charge in [0, 0.05) is 0 Å². The monoisotopic (exact) mass is 504 g/mol. The third kappa shape index (κ3) is 5.37. The molecule has 0 aromatic carbocycles. The van der Waals surface area contributed by atoms with Crippen molar-refractivity contribution >= 4 is 0 Å². The zero-order valence-corrected chi connectivity index (χ0v) is 17.7. The Morgan fingerprint density at radius 3 is 1.41 bits per heavy atom. The van der Waals surface area contributed by atoms with Crippen LogP contribution >= 0.6 is 0 Å². The first-order valence-electron chi connectivity index (χ1n) is 10.6. The molecule has 3 aliphatic heterocycles. The highest BCUT2D eigenvalue weighted by molar-refractivity contribution is 4.95. The summed E-state index contributed by atoms with van der Waals surface area (Å²) in [5, 5.41) is 109. The van der Waals surface area contributed by atoms with E-state index in [1.165, 1.54) is 0 Å². The van der Waals surface area contributed by atoms with Crippen molar-refractivity contribution in [3.63, 3.8) is 0 Å². The van der Waals surface area contributed by atoms with Gasteiger partial charge in [0.1, 0.15) is 73.2 Å². The van der Waals surface area contributed by atoms with E-state index in [1.54, 1.807) is 0 Å². The van der Waals surface area contributed by atoms with Crippen molar-refractivity contribution in [2.45, 2.75) is 92.1 Å². The minimum Gasteiger partial charge on any atom is -0.394 e. The van der Waals surface area contributed by atoms with Crippen molar-refractivity contribution in [1.29, 1.82) is 0 Å². The van der Waals surface area contributed by atoms with Gasteiger partial charge < -0.3 is 79.9 Å². The van der Waals surface area contributed by atoms with Crippen LogP contribution in [-0.4, -0.2) is 168 Å². The molecule has 34 heavy (non-hydrogen) atoms. The molecule has 1 unspecified atom stereocenters. The lowest BCUT2D eigenvalue weighted by Gasteiger charge is -2.47. The standard InChI is InChI=1S/C18H32O16/c19-1-4-8(23)10(25)15(16(29)30-4)34-18-13(28)11(26)14(6(3-21)32-18)33-17-12(27)9(24)7(22)5(2-20)31-17/h4-29H,1-3H2/t4-,5-,6-,7+,8-,9+,10+,11-,12-,13-,14+,15-,16?,17+,18+/m1/s1. The Kier molecular flexibility index (Phi) is 9.54. The number of aliphatic hydroxyl groups excluding tert-OH is 11. The second-order valence-electron chi connectivity index (χ2n) is 8.33. The molecule has 16 heteroatoms. The number of hydrogen-bond donors (Lipinski definition) is 11. The minimum absolute atomic E-state index is 0.715. The SMILES string of the molecule is OC[C@H]1O[C@@H](O[C@@H]2[C@H](O)[C@@H](O)[C@H](O[C@H]3C(O)O[C@H](CO)[C@@H](O)[C@@H]3O)O[C@@H]2CO)[C@H](O)[C@@H](O)[C@H]1O. The van der Waals surface area contributed by atoms with Crippen molar-refractivity contribution < 1.29 is 79.9 Å². The third-order valence-corrected chi connectivity index (χ3v) is 6.09. The van der Waals surface area contributed by atoms with Crippen LogP contribution in [0.15, 0.2) is 0 Å². The molecule has 0 radical (unpaired) electrons. The summed E-state index contributed by atoms with van der Waals surface area (Å²) >= 11 is 0. The van der Waals surface area contributed by atoms with E-state index >= 15 is 0 Å². The normalized spacial score (nSPS) is 52.5. The van der Waals surface area contributed by atoms with Gasteiger partial charge in [0.25, 0.3) is 0 Å². The van der Waals surface area contributed by atoms with Crippen molar-refractivity contribution in [3.8, 4) is 0 Å². The summed E-state index contributed by atoms with van der Waals surface area (Å²) in [6, 6.07) is 0. The smallest absolute Gasteiger partial charge is 0.187 e. The summed E-state index contributed by atoms with van der Waals surface area (Å²) in [6.45, 7) is -2.28. The second-order valence-corrected chi connectivity index (χ2v) is 8.33. The lowest BCUT2D eigenvalue weighted by molar-refractivity contribution is -0.381. The Hall–Kier alpha value is -0.640. The fourth-order valence-corrected chi connectivity index (χ4v) is 4.04. The Morgan fingerprint density at radius 1 is 0.441 bits per heavy atom. The van der Waals surface area contributed by atoms with E-state index in [4.69, 9.17) is 28.8 Å². The van der Waals surface area contributed by atoms with Gasteiger partial charge in [-0.2, -0.15) is 0 Å². The molecule has 0 aromatic heterocycles. The molecule has 3 aliphatic rings. The predicted molar refractivity (Wildman–Crippen MR) is 101 cm³/mol. The number of rotatable bonds is 7. The zero-order valence-electron chi connectivity index (χ0n) is 17.7. The zero-order chi connectivity index (χ0) is 25.3.